The molecule has 0 radical (unpaired) electrons. The molecule has 1 amide bonds. The average Bonchev–Trinajstić information content (AvgIpc) is 3.09. The highest BCUT2D eigenvalue weighted by atomic mass is 32.2. The van der Waals surface area contributed by atoms with Crippen LogP contribution in [0.15, 0.2) is 0 Å². The maximum atomic E-state index is 13.1. The molecule has 1 aromatic rings. The Kier molecular flexibility index (Phi) is 7.61. The highest BCUT2D eigenvalue weighted by molar-refractivity contribution is 7.99. The molecule has 1 aliphatic carbocycles. The number of amides is 1. The summed E-state index contributed by atoms with van der Waals surface area (Å²) in [6.07, 6.45) is 3.07. The first-order valence-corrected chi connectivity index (χ1v) is 11.7. The van der Waals surface area contributed by atoms with Gasteiger partial charge in [-0.25, -0.2) is 0 Å². The lowest BCUT2D eigenvalue weighted by Crippen LogP contribution is -2.41. The zero-order chi connectivity index (χ0) is 19.2. The number of rotatable bonds is 8. The van der Waals surface area contributed by atoms with E-state index in [9.17, 15) is 4.79 Å². The molecular formula is C20H35N5OS. The first kappa shape index (κ1) is 20.7. The van der Waals surface area contributed by atoms with E-state index < -0.39 is 0 Å². The number of carbonyl (C=O) groups is 1. The summed E-state index contributed by atoms with van der Waals surface area (Å²) in [5.41, 5.74) is 3.20. The molecule has 1 N–H and O–H groups in total. The summed E-state index contributed by atoms with van der Waals surface area (Å²) < 4.78 is 2.06. The normalized spacial score (nSPS) is 20.1. The molecule has 0 saturated carbocycles. The van der Waals surface area contributed by atoms with Crippen molar-refractivity contribution in [2.75, 3.05) is 50.8 Å². The molecule has 1 saturated heterocycles. The monoisotopic (exact) mass is 393 g/mol. The van der Waals surface area contributed by atoms with Crippen molar-refractivity contribution >= 4 is 17.7 Å². The lowest BCUT2D eigenvalue weighted by Gasteiger charge is -2.28. The van der Waals surface area contributed by atoms with E-state index in [1.54, 1.807) is 0 Å². The van der Waals surface area contributed by atoms with Crippen molar-refractivity contribution in [1.82, 2.24) is 24.9 Å². The second-order valence-corrected chi connectivity index (χ2v) is 8.64. The van der Waals surface area contributed by atoms with Crippen LogP contribution < -0.4 is 5.32 Å². The van der Waals surface area contributed by atoms with Gasteiger partial charge in [0, 0.05) is 61.5 Å². The van der Waals surface area contributed by atoms with Crippen molar-refractivity contribution in [1.29, 1.82) is 0 Å². The van der Waals surface area contributed by atoms with Gasteiger partial charge in [-0.3, -0.25) is 9.48 Å². The second-order valence-electron chi connectivity index (χ2n) is 7.41. The number of thioether (sulfide) groups is 1. The molecule has 152 valence electrons. The van der Waals surface area contributed by atoms with E-state index in [-0.39, 0.29) is 5.91 Å². The molecule has 2 aliphatic rings. The molecular weight excluding hydrogens is 358 g/mol. The SMILES string of the molecule is CCN(CC)CCNC1CCc2c(c(C(=O)N3CCSCC3)nn2CC)C1. The van der Waals surface area contributed by atoms with Crippen LogP contribution in [0.5, 0.6) is 0 Å². The molecule has 0 aromatic carbocycles. The molecule has 27 heavy (non-hydrogen) atoms. The Balaban J connectivity index is 1.68. The minimum Gasteiger partial charge on any atom is -0.336 e. The Morgan fingerprint density at radius 3 is 2.67 bits per heavy atom. The van der Waals surface area contributed by atoms with Gasteiger partial charge in [0.05, 0.1) is 0 Å². The maximum Gasteiger partial charge on any atom is 0.274 e. The maximum absolute atomic E-state index is 13.1. The zero-order valence-corrected chi connectivity index (χ0v) is 18.0. The first-order chi connectivity index (χ1) is 13.2. The number of hydrogen-bond acceptors (Lipinski definition) is 5. The molecule has 1 atom stereocenters. The summed E-state index contributed by atoms with van der Waals surface area (Å²) >= 11 is 1.93. The zero-order valence-electron chi connectivity index (χ0n) is 17.2. The van der Waals surface area contributed by atoms with E-state index in [0.29, 0.717) is 11.7 Å². The van der Waals surface area contributed by atoms with Crippen molar-refractivity contribution in [3.8, 4) is 0 Å². The van der Waals surface area contributed by atoms with E-state index in [1.165, 1.54) is 11.3 Å². The van der Waals surface area contributed by atoms with Gasteiger partial charge < -0.3 is 15.1 Å². The fraction of sp³-hybridized carbons (Fsp3) is 0.800. The summed E-state index contributed by atoms with van der Waals surface area (Å²) in [5.74, 6) is 2.22. The highest BCUT2D eigenvalue weighted by Crippen LogP contribution is 2.26. The Bertz CT molecular complexity index is 622. The van der Waals surface area contributed by atoms with Gasteiger partial charge in [0.25, 0.3) is 5.91 Å². The Hall–Kier alpha value is -1.05. The van der Waals surface area contributed by atoms with Gasteiger partial charge in [0.1, 0.15) is 0 Å². The Labute approximate surface area is 168 Å². The second kappa shape index (κ2) is 9.94. The molecule has 1 aromatic heterocycles. The average molecular weight is 394 g/mol. The van der Waals surface area contributed by atoms with E-state index in [4.69, 9.17) is 5.10 Å². The third-order valence-corrected chi connectivity index (χ3v) is 6.84. The van der Waals surface area contributed by atoms with E-state index in [1.807, 2.05) is 16.7 Å². The van der Waals surface area contributed by atoms with Crippen molar-refractivity contribution in [3.05, 3.63) is 17.0 Å². The fourth-order valence-electron chi connectivity index (χ4n) is 4.18. The summed E-state index contributed by atoms with van der Waals surface area (Å²) in [6, 6.07) is 0.450. The fourth-order valence-corrected chi connectivity index (χ4v) is 5.08. The van der Waals surface area contributed by atoms with E-state index in [2.05, 4.69) is 35.7 Å². The molecule has 3 rings (SSSR count). The van der Waals surface area contributed by atoms with E-state index in [0.717, 1.165) is 76.6 Å². The number of carbonyl (C=O) groups excluding carboxylic acids is 1. The third kappa shape index (κ3) is 4.87. The lowest BCUT2D eigenvalue weighted by molar-refractivity contribution is 0.0764. The number of hydrogen-bond donors (Lipinski definition) is 1. The molecule has 6 nitrogen and oxygen atoms in total. The Morgan fingerprint density at radius 1 is 1.26 bits per heavy atom. The van der Waals surface area contributed by atoms with Crippen molar-refractivity contribution < 1.29 is 4.79 Å². The number of fused-ring (bicyclic) bond motifs is 1. The summed E-state index contributed by atoms with van der Waals surface area (Å²) in [4.78, 5) is 17.5. The van der Waals surface area contributed by atoms with E-state index >= 15 is 0 Å². The molecule has 1 aliphatic heterocycles. The minimum absolute atomic E-state index is 0.141. The largest absolute Gasteiger partial charge is 0.336 e. The number of nitrogens with zero attached hydrogens (tertiary/aromatic N) is 4. The number of likely N-dealkylation sites (N-methyl/N-ethyl adjacent to an activating group) is 1. The van der Waals surface area contributed by atoms with Gasteiger partial charge in [-0.2, -0.15) is 16.9 Å². The number of aromatic nitrogens is 2. The quantitative estimate of drug-likeness (QED) is 0.731. The predicted molar refractivity (Wildman–Crippen MR) is 113 cm³/mol. The van der Waals surface area contributed by atoms with Gasteiger partial charge in [-0.15, -0.1) is 0 Å². The summed E-state index contributed by atoms with van der Waals surface area (Å²) in [6.45, 7) is 13.4. The molecule has 0 bridgehead atoms. The molecule has 1 fully saturated rings. The number of nitrogens with one attached hydrogen (secondary N) is 1. The van der Waals surface area contributed by atoms with Gasteiger partial charge in [-0.1, -0.05) is 13.8 Å². The molecule has 2 heterocycles. The minimum atomic E-state index is 0.141. The van der Waals surface area contributed by atoms with Crippen LogP contribution in [0.2, 0.25) is 0 Å². The third-order valence-electron chi connectivity index (χ3n) is 5.90. The van der Waals surface area contributed by atoms with Gasteiger partial charge in [0.15, 0.2) is 5.69 Å². The highest BCUT2D eigenvalue weighted by Gasteiger charge is 2.31. The van der Waals surface area contributed by atoms with Crippen LogP contribution >= 0.6 is 11.8 Å². The molecule has 1 unspecified atom stereocenters. The van der Waals surface area contributed by atoms with Crippen LogP contribution in [0.4, 0.5) is 0 Å². The first-order valence-electron chi connectivity index (χ1n) is 10.6. The number of aryl methyl sites for hydroxylation is 1. The van der Waals surface area contributed by atoms with Gasteiger partial charge in [-0.05, 0) is 39.3 Å². The van der Waals surface area contributed by atoms with Crippen LogP contribution in [0.1, 0.15) is 48.9 Å². The van der Waals surface area contributed by atoms with Crippen LogP contribution in [-0.4, -0.2) is 82.3 Å². The Morgan fingerprint density at radius 2 is 2.00 bits per heavy atom. The predicted octanol–water partition coefficient (Wildman–Crippen LogP) is 1.88. The van der Waals surface area contributed by atoms with Gasteiger partial charge >= 0.3 is 0 Å². The van der Waals surface area contributed by atoms with Crippen molar-refractivity contribution in [2.45, 2.75) is 52.6 Å². The van der Waals surface area contributed by atoms with Crippen LogP contribution in [0.25, 0.3) is 0 Å². The van der Waals surface area contributed by atoms with Crippen molar-refractivity contribution in [3.63, 3.8) is 0 Å². The van der Waals surface area contributed by atoms with Crippen LogP contribution in [0, 0.1) is 0 Å². The molecule has 7 heteroatoms. The topological polar surface area (TPSA) is 53.4 Å². The smallest absolute Gasteiger partial charge is 0.274 e. The van der Waals surface area contributed by atoms with Crippen molar-refractivity contribution in [2.24, 2.45) is 0 Å². The van der Waals surface area contributed by atoms with Crippen LogP contribution in [-0.2, 0) is 19.4 Å². The van der Waals surface area contributed by atoms with Crippen LogP contribution in [0.3, 0.4) is 0 Å². The summed E-state index contributed by atoms with van der Waals surface area (Å²) in [5, 5.41) is 8.47. The lowest BCUT2D eigenvalue weighted by atomic mass is 9.91. The molecule has 0 spiro atoms. The summed E-state index contributed by atoms with van der Waals surface area (Å²) in [7, 11) is 0. The van der Waals surface area contributed by atoms with Gasteiger partial charge in [0.2, 0.25) is 0 Å². The standard InChI is InChI=1S/C20H35N5OS/c1-4-23(5-2)10-9-21-16-7-8-18-17(15-16)19(22-25(18)6-3)20(26)24-11-13-27-14-12-24/h16,21H,4-15H2,1-3H3.